The monoisotopic (exact) mass is 627 g/mol. The van der Waals surface area contributed by atoms with Crippen molar-refractivity contribution in [3.63, 3.8) is 0 Å². The van der Waals surface area contributed by atoms with Gasteiger partial charge in [0.25, 0.3) is 0 Å². The molecule has 1 amide bonds. The van der Waals surface area contributed by atoms with Crippen LogP contribution in [0.3, 0.4) is 0 Å². The first-order valence-corrected chi connectivity index (χ1v) is 16.1. The van der Waals surface area contributed by atoms with Crippen LogP contribution in [0.1, 0.15) is 87.0 Å². The number of likely N-dealkylation sites (tertiary alicyclic amines) is 1. The Kier molecular flexibility index (Phi) is 15.7. The van der Waals surface area contributed by atoms with Gasteiger partial charge in [-0.15, -0.1) is 19.6 Å². The third kappa shape index (κ3) is 11.9. The lowest BCUT2D eigenvalue weighted by Gasteiger charge is -2.33. The van der Waals surface area contributed by atoms with E-state index in [2.05, 4.69) is 55.0 Å². The predicted octanol–water partition coefficient (Wildman–Crippen LogP) is 7.75. The van der Waals surface area contributed by atoms with Gasteiger partial charge >= 0.3 is 6.18 Å². The van der Waals surface area contributed by atoms with Gasteiger partial charge in [0.15, 0.2) is 0 Å². The van der Waals surface area contributed by atoms with E-state index in [0.29, 0.717) is 13.0 Å². The van der Waals surface area contributed by atoms with Gasteiger partial charge in [0.2, 0.25) is 5.91 Å². The smallest absolute Gasteiger partial charge is 0.416 e. The number of benzene rings is 2. The summed E-state index contributed by atoms with van der Waals surface area (Å²) < 4.78 is 41.6. The number of halogens is 3. The minimum absolute atomic E-state index is 0.241. The number of nitrogens with two attached hydrogens (primary N) is 2. The van der Waals surface area contributed by atoms with E-state index < -0.39 is 11.7 Å². The van der Waals surface area contributed by atoms with E-state index in [1.165, 1.54) is 55.5 Å². The summed E-state index contributed by atoms with van der Waals surface area (Å²) in [6.45, 7) is 11.8. The number of aryl methyl sites for hydroxylation is 1. The Morgan fingerprint density at radius 2 is 1.76 bits per heavy atom. The van der Waals surface area contributed by atoms with Crippen LogP contribution in [0.4, 0.5) is 13.2 Å². The predicted molar refractivity (Wildman–Crippen MR) is 177 cm³/mol. The normalized spacial score (nSPS) is 23.0. The van der Waals surface area contributed by atoms with Gasteiger partial charge in [-0.3, -0.25) is 4.79 Å². The zero-order chi connectivity index (χ0) is 33.5. The summed E-state index contributed by atoms with van der Waals surface area (Å²) in [5.74, 6) is 5.36. The van der Waals surface area contributed by atoms with Crippen LogP contribution >= 0.6 is 0 Å². The lowest BCUT2D eigenvalue weighted by atomic mass is 9.71. The molecular weight excluding hydrogens is 575 g/mol. The molecule has 0 aromatic heterocycles. The largest absolute Gasteiger partial charge is 0.493 e. The Hall–Kier alpha value is -3.28. The summed E-state index contributed by atoms with van der Waals surface area (Å²) in [5.41, 5.74) is 13.2. The number of hydrogen-bond acceptors (Lipinski definition) is 4. The molecule has 3 aliphatic carbocycles. The Morgan fingerprint density at radius 3 is 2.18 bits per heavy atom. The number of carbonyl (C=O) groups is 1. The van der Waals surface area contributed by atoms with Gasteiger partial charge < -0.3 is 21.1 Å². The van der Waals surface area contributed by atoms with Crippen LogP contribution in [-0.2, 0) is 23.9 Å². The highest BCUT2D eigenvalue weighted by atomic mass is 19.4. The maximum atomic E-state index is 12.0. The molecule has 8 heteroatoms. The van der Waals surface area contributed by atoms with Crippen molar-refractivity contribution in [2.24, 2.45) is 28.7 Å². The van der Waals surface area contributed by atoms with Crippen LogP contribution in [0, 0.1) is 29.6 Å². The minimum Gasteiger partial charge on any atom is -0.493 e. The van der Waals surface area contributed by atoms with E-state index in [1.54, 1.807) is 39.0 Å². The number of amides is 1. The zero-order valence-electron chi connectivity index (χ0n) is 27.1. The lowest BCUT2D eigenvalue weighted by molar-refractivity contribution is -0.137. The highest BCUT2D eigenvalue weighted by Crippen LogP contribution is 2.75. The second-order valence-electron chi connectivity index (χ2n) is 12.1. The SMILES string of the molecule is C#Cc1cccc(C(F)(F)F)c1.C1CC2CC23CCC13.C=C.CCC(N)=O.CN1CCCC1.NCc1ccc2c(c1)OCCC2. The number of ether oxygens (including phenoxy) is 1. The zero-order valence-corrected chi connectivity index (χ0v) is 27.1. The van der Waals surface area contributed by atoms with Crippen molar-refractivity contribution in [2.45, 2.75) is 83.9 Å². The standard InChI is InChI=1S/C10H13NO.C9H5F3.C8H12.C5H11N.C3H7NO.C2H4/c11-7-8-3-4-9-2-1-5-12-10(9)6-8;1-2-7-4-3-5-8(6-7)9(10,11)12;1-2-7-5-8(7)4-3-6(1)8;1-6-4-2-3-5-6;1-2-3(4)5;1-2/h3-4,6H,1-2,5,7,11H2;1,3-6H;6-7H,1-5H2;2-5H2,1H3;2H2,1H3,(H2,4,5);1-2H2. The van der Waals surface area contributed by atoms with Crippen LogP contribution in [0.2, 0.25) is 0 Å². The van der Waals surface area contributed by atoms with E-state index in [0.717, 1.165) is 48.3 Å². The summed E-state index contributed by atoms with van der Waals surface area (Å²) in [7, 11) is 2.17. The number of carbonyl (C=O) groups excluding carboxylic acids is 1. The van der Waals surface area contributed by atoms with E-state index in [9.17, 15) is 18.0 Å². The van der Waals surface area contributed by atoms with E-state index in [-0.39, 0.29) is 11.5 Å². The number of hydrogen-bond donors (Lipinski definition) is 2. The van der Waals surface area contributed by atoms with Gasteiger partial charge in [0.1, 0.15) is 5.75 Å². The molecule has 3 unspecified atom stereocenters. The molecule has 4 N–H and O–H groups in total. The molecule has 248 valence electrons. The maximum absolute atomic E-state index is 12.0. The molecule has 3 atom stereocenters. The lowest BCUT2D eigenvalue weighted by Crippen LogP contribution is -2.24. The topological polar surface area (TPSA) is 81.6 Å². The Balaban J connectivity index is 0.000000200. The first kappa shape index (κ1) is 37.9. The number of terminal acetylenes is 1. The van der Waals surface area contributed by atoms with Crippen LogP contribution in [0.25, 0.3) is 0 Å². The quantitative estimate of drug-likeness (QED) is 0.264. The molecule has 1 spiro atoms. The number of nitrogens with zero attached hydrogens (tertiary/aromatic N) is 1. The van der Waals surface area contributed by atoms with Crippen molar-refractivity contribution in [1.82, 2.24) is 4.90 Å². The molecule has 5 aliphatic rings. The third-order valence-electron chi connectivity index (χ3n) is 9.16. The molecule has 2 aromatic carbocycles. The Morgan fingerprint density at radius 1 is 1.09 bits per heavy atom. The van der Waals surface area contributed by atoms with Crippen molar-refractivity contribution < 1.29 is 22.7 Å². The van der Waals surface area contributed by atoms with Crippen molar-refractivity contribution in [1.29, 1.82) is 0 Å². The highest BCUT2D eigenvalue weighted by Gasteiger charge is 2.66. The average Bonchev–Trinajstić information content (AvgIpc) is 3.53. The minimum atomic E-state index is -4.31. The molecule has 0 bridgehead atoms. The highest BCUT2D eigenvalue weighted by molar-refractivity contribution is 5.73. The molecule has 1 saturated heterocycles. The van der Waals surface area contributed by atoms with E-state index in [1.807, 2.05) is 0 Å². The summed E-state index contributed by atoms with van der Waals surface area (Å²) in [6.07, 6.45) is 14.2. The van der Waals surface area contributed by atoms with E-state index >= 15 is 0 Å². The number of primary amides is 1. The average molecular weight is 628 g/mol. The summed E-state index contributed by atoms with van der Waals surface area (Å²) in [4.78, 5) is 12.0. The molecular formula is C37H52F3N3O2. The Bertz CT molecular complexity index is 1230. The van der Waals surface area contributed by atoms with E-state index in [4.69, 9.17) is 16.9 Å². The van der Waals surface area contributed by atoms with Gasteiger partial charge in [-0.25, -0.2) is 0 Å². The number of alkyl halides is 3. The van der Waals surface area contributed by atoms with Crippen molar-refractivity contribution in [2.75, 3.05) is 26.7 Å². The molecule has 3 saturated carbocycles. The molecule has 4 fully saturated rings. The van der Waals surface area contributed by atoms with Crippen molar-refractivity contribution in [3.8, 4) is 18.1 Å². The van der Waals surface area contributed by atoms with Crippen molar-refractivity contribution in [3.05, 3.63) is 77.9 Å². The maximum Gasteiger partial charge on any atom is 0.416 e. The summed E-state index contributed by atoms with van der Waals surface area (Å²) in [6, 6.07) is 10.9. The molecule has 2 heterocycles. The molecule has 5 nitrogen and oxygen atoms in total. The Labute approximate surface area is 268 Å². The molecule has 45 heavy (non-hydrogen) atoms. The van der Waals surface area contributed by atoms with Gasteiger partial charge in [-0.2, -0.15) is 13.2 Å². The molecule has 2 aliphatic heterocycles. The number of fused-ring (bicyclic) bond motifs is 1. The second-order valence-corrected chi connectivity index (χ2v) is 12.1. The first-order chi connectivity index (χ1) is 21.5. The van der Waals surface area contributed by atoms with Crippen molar-refractivity contribution >= 4 is 5.91 Å². The first-order valence-electron chi connectivity index (χ1n) is 16.1. The fourth-order valence-corrected chi connectivity index (χ4v) is 6.32. The van der Waals surface area contributed by atoms with Gasteiger partial charge in [-0.1, -0.05) is 31.0 Å². The fraction of sp³-hybridized carbons (Fsp3) is 0.541. The van der Waals surface area contributed by atoms with Crippen LogP contribution in [0.5, 0.6) is 5.75 Å². The van der Waals surface area contributed by atoms with Gasteiger partial charge in [0, 0.05) is 18.5 Å². The molecule has 7 rings (SSSR count). The molecule has 0 radical (unpaired) electrons. The summed E-state index contributed by atoms with van der Waals surface area (Å²) >= 11 is 0. The van der Waals surface area contributed by atoms with Crippen LogP contribution < -0.4 is 16.2 Å². The third-order valence-corrected chi connectivity index (χ3v) is 9.16. The second kappa shape index (κ2) is 18.6. The summed E-state index contributed by atoms with van der Waals surface area (Å²) in [5, 5.41) is 0. The van der Waals surface area contributed by atoms with Crippen LogP contribution in [-0.4, -0.2) is 37.6 Å². The van der Waals surface area contributed by atoms with Gasteiger partial charge in [-0.05, 0) is 131 Å². The van der Waals surface area contributed by atoms with Gasteiger partial charge in [0.05, 0.1) is 12.2 Å². The number of rotatable bonds is 2. The molecule has 2 aromatic rings. The fourth-order valence-electron chi connectivity index (χ4n) is 6.32. The van der Waals surface area contributed by atoms with Crippen LogP contribution in [0.15, 0.2) is 55.6 Å².